The van der Waals surface area contributed by atoms with Crippen LogP contribution in [-0.2, 0) is 76.7 Å². The van der Waals surface area contributed by atoms with Crippen LogP contribution in [0.15, 0.2) is 72.8 Å². The van der Waals surface area contributed by atoms with Crippen molar-refractivity contribution in [2.24, 2.45) is 29.1 Å². The van der Waals surface area contributed by atoms with Crippen LogP contribution < -0.4 is 0 Å². The zero-order chi connectivity index (χ0) is 48.8. The summed E-state index contributed by atoms with van der Waals surface area (Å²) in [6, 6.07) is 25.3. The molecule has 0 saturated heterocycles. The minimum atomic E-state index is -0.250. The van der Waals surface area contributed by atoms with Gasteiger partial charge in [0.1, 0.15) is 0 Å². The number of methoxy groups -OCH3 is 9. The zero-order valence-electron chi connectivity index (χ0n) is 43.2. The molecule has 12 heteroatoms. The molecular weight excluding hydrogens is 841 g/mol. The van der Waals surface area contributed by atoms with Gasteiger partial charge in [0.15, 0.2) is 0 Å². The lowest BCUT2D eigenvalue weighted by Crippen LogP contribution is -2.44. The molecule has 0 aromatic heterocycles. The molecule has 3 rings (SSSR count). The highest BCUT2D eigenvalue weighted by atomic mass is 16.5. The SMILES string of the molecule is COC[C@H]([C@H](OC)c1ccc(COC[C@H]([C@@H](OCc2ccc([C@@H](OC)[C@@H](COC)[C@@H](C)OC)cc2)C(C)(C)C)[C@@H](C)OCc2ccc([C@@H](OC)[C@@H](COC)[C@@H](C)OC)cc2)cc1)[C@@H](C)OC. The Morgan fingerprint density at radius 1 is 0.364 bits per heavy atom. The lowest BCUT2D eigenvalue weighted by atomic mass is 9.79. The average Bonchev–Trinajstić information content (AvgIpc) is 3.32. The Labute approximate surface area is 398 Å². The van der Waals surface area contributed by atoms with E-state index >= 15 is 0 Å². The number of rotatable bonds is 33. The lowest BCUT2D eigenvalue weighted by Gasteiger charge is -2.39. The molecule has 0 aliphatic heterocycles. The van der Waals surface area contributed by atoms with Gasteiger partial charge >= 0.3 is 0 Å². The predicted molar refractivity (Wildman–Crippen MR) is 260 cm³/mol. The van der Waals surface area contributed by atoms with Crippen molar-refractivity contribution in [2.45, 2.75) is 117 Å². The summed E-state index contributed by atoms with van der Waals surface area (Å²) in [4.78, 5) is 0. The largest absolute Gasteiger partial charge is 0.384 e. The molecule has 66 heavy (non-hydrogen) atoms. The number of hydrogen-bond donors (Lipinski definition) is 0. The molecule has 0 unspecified atom stereocenters. The summed E-state index contributed by atoms with van der Waals surface area (Å²) in [7, 11) is 15.5. The Balaban J connectivity index is 1.87. The van der Waals surface area contributed by atoms with E-state index in [0.717, 1.165) is 33.4 Å². The van der Waals surface area contributed by atoms with Gasteiger partial charge in [-0.3, -0.25) is 0 Å². The minimum absolute atomic E-state index is 0.0241. The standard InChI is InChI=1S/C54H86O12/c1-36(58-11)46(32-55-8)50(61-14)43-23-17-40(18-24-43)29-64-35-49(39(4)65-30-41-19-25-44(26-20-41)51(62-15)47(33-56-9)37(2)59-12)53(54(5,6)7)66-31-42-21-27-45(28-22-42)52(63-16)48(34-57-10)38(3)60-13/h17-28,36-39,46-53H,29-35H2,1-16H3/t36-,37-,38-,39-,46+,47+,48+,49+,50-,51-,52-,53-/m1/s1. The first-order valence-corrected chi connectivity index (χ1v) is 23.4. The quantitative estimate of drug-likeness (QED) is 0.0580. The molecule has 0 aliphatic carbocycles. The predicted octanol–water partition coefficient (Wildman–Crippen LogP) is 10.0. The third-order valence-corrected chi connectivity index (χ3v) is 13.2. The number of hydrogen-bond acceptors (Lipinski definition) is 12. The molecule has 0 aliphatic rings. The van der Waals surface area contributed by atoms with Gasteiger partial charge in [0.05, 0.1) is 95.1 Å². The maximum atomic E-state index is 6.95. The van der Waals surface area contributed by atoms with Gasteiger partial charge in [-0.2, -0.15) is 0 Å². The van der Waals surface area contributed by atoms with Crippen LogP contribution in [0, 0.1) is 29.1 Å². The van der Waals surface area contributed by atoms with Crippen LogP contribution in [0.2, 0.25) is 0 Å². The fraction of sp³-hybridized carbons (Fsp3) is 0.667. The van der Waals surface area contributed by atoms with Crippen LogP contribution in [-0.4, -0.2) is 121 Å². The summed E-state index contributed by atoms with van der Waals surface area (Å²) in [5, 5.41) is 0. The Bertz CT molecular complexity index is 1700. The van der Waals surface area contributed by atoms with Crippen LogP contribution in [0.25, 0.3) is 0 Å². The van der Waals surface area contributed by atoms with Crippen molar-refractivity contribution in [3.05, 3.63) is 106 Å². The normalized spacial score (nSPS) is 17.8. The van der Waals surface area contributed by atoms with E-state index in [1.165, 1.54) is 0 Å². The van der Waals surface area contributed by atoms with Crippen LogP contribution in [0.4, 0.5) is 0 Å². The summed E-state index contributed by atoms with van der Waals surface area (Å²) < 4.78 is 71.9. The zero-order valence-corrected chi connectivity index (χ0v) is 43.2. The molecule has 0 spiro atoms. The van der Waals surface area contributed by atoms with E-state index in [4.69, 9.17) is 56.8 Å². The van der Waals surface area contributed by atoms with Gasteiger partial charge in [0, 0.05) is 87.7 Å². The first-order chi connectivity index (χ1) is 31.7. The summed E-state index contributed by atoms with van der Waals surface area (Å²) in [6.45, 7) is 18.1. The molecule has 0 fully saturated rings. The highest BCUT2D eigenvalue weighted by Gasteiger charge is 2.38. The Kier molecular flexibility index (Phi) is 26.1. The van der Waals surface area contributed by atoms with Gasteiger partial charge in [-0.05, 0) is 66.5 Å². The fourth-order valence-electron chi connectivity index (χ4n) is 8.93. The summed E-state index contributed by atoms with van der Waals surface area (Å²) in [5.41, 5.74) is 6.10. The lowest BCUT2D eigenvalue weighted by molar-refractivity contribution is -0.132. The first-order valence-electron chi connectivity index (χ1n) is 23.4. The van der Waals surface area contributed by atoms with Crippen LogP contribution in [0.1, 0.15) is 100 Å². The topological polar surface area (TPSA) is 111 Å². The molecule has 0 heterocycles. The summed E-state index contributed by atoms with van der Waals surface area (Å²) in [5.74, 6) is -0.0352. The van der Waals surface area contributed by atoms with Crippen molar-refractivity contribution in [2.75, 3.05) is 90.4 Å². The van der Waals surface area contributed by atoms with Gasteiger partial charge in [-0.25, -0.2) is 0 Å². The van der Waals surface area contributed by atoms with E-state index in [-0.39, 0.29) is 77.9 Å². The monoisotopic (exact) mass is 927 g/mol. The van der Waals surface area contributed by atoms with Gasteiger partial charge in [-0.1, -0.05) is 93.6 Å². The molecule has 0 N–H and O–H groups in total. The molecule has 0 amide bonds. The molecule has 3 aromatic carbocycles. The van der Waals surface area contributed by atoms with E-state index in [1.807, 2.05) is 20.8 Å². The molecular formula is C54H86O12. The van der Waals surface area contributed by atoms with Crippen LogP contribution in [0.5, 0.6) is 0 Å². The van der Waals surface area contributed by atoms with Gasteiger partial charge in [0.25, 0.3) is 0 Å². The van der Waals surface area contributed by atoms with E-state index in [9.17, 15) is 0 Å². The van der Waals surface area contributed by atoms with Crippen molar-refractivity contribution in [1.29, 1.82) is 0 Å². The molecule has 0 bridgehead atoms. The summed E-state index contributed by atoms with van der Waals surface area (Å²) in [6.07, 6.45) is -1.14. The van der Waals surface area contributed by atoms with Crippen molar-refractivity contribution in [3.8, 4) is 0 Å². The minimum Gasteiger partial charge on any atom is -0.384 e. The second kappa shape index (κ2) is 29.9. The number of ether oxygens (including phenoxy) is 12. The maximum Gasteiger partial charge on any atom is 0.0896 e. The van der Waals surface area contributed by atoms with Gasteiger partial charge in [0.2, 0.25) is 0 Å². The van der Waals surface area contributed by atoms with Crippen LogP contribution >= 0.6 is 0 Å². The smallest absolute Gasteiger partial charge is 0.0896 e. The van der Waals surface area contributed by atoms with Gasteiger partial charge < -0.3 is 56.8 Å². The highest BCUT2D eigenvalue weighted by Crippen LogP contribution is 2.36. The highest BCUT2D eigenvalue weighted by molar-refractivity contribution is 5.27. The molecule has 0 saturated carbocycles. The van der Waals surface area contributed by atoms with E-state index in [2.05, 4.69) is 100 Å². The van der Waals surface area contributed by atoms with Gasteiger partial charge in [-0.15, -0.1) is 0 Å². The van der Waals surface area contributed by atoms with E-state index < -0.39 is 0 Å². The van der Waals surface area contributed by atoms with Crippen molar-refractivity contribution in [3.63, 3.8) is 0 Å². The van der Waals surface area contributed by atoms with Crippen molar-refractivity contribution in [1.82, 2.24) is 0 Å². The second-order valence-electron chi connectivity index (χ2n) is 18.7. The molecule has 12 atom stereocenters. The van der Waals surface area contributed by atoms with Crippen molar-refractivity contribution < 1.29 is 56.8 Å². The Morgan fingerprint density at radius 3 is 0.970 bits per heavy atom. The molecule has 12 nitrogen and oxygen atoms in total. The molecule has 3 aromatic rings. The third kappa shape index (κ3) is 17.0. The maximum absolute atomic E-state index is 6.95. The number of benzene rings is 3. The third-order valence-electron chi connectivity index (χ3n) is 13.2. The van der Waals surface area contributed by atoms with E-state index in [1.54, 1.807) is 64.0 Å². The Hall–Kier alpha value is -2.82. The fourth-order valence-corrected chi connectivity index (χ4v) is 8.93. The summed E-state index contributed by atoms with van der Waals surface area (Å²) >= 11 is 0. The Morgan fingerprint density at radius 2 is 0.682 bits per heavy atom. The van der Waals surface area contributed by atoms with E-state index in [0.29, 0.717) is 46.2 Å². The molecule has 374 valence electrons. The second-order valence-corrected chi connectivity index (χ2v) is 18.7. The van der Waals surface area contributed by atoms with Crippen molar-refractivity contribution >= 4 is 0 Å². The van der Waals surface area contributed by atoms with Crippen LogP contribution in [0.3, 0.4) is 0 Å². The molecule has 0 radical (unpaired) electrons. The average molecular weight is 927 g/mol. The first kappa shape index (κ1) is 57.5.